The van der Waals surface area contributed by atoms with Gasteiger partial charge in [-0.3, -0.25) is 14.4 Å². The fraction of sp³-hybridized carbons (Fsp3) is 0.138. The molecule has 0 saturated carbocycles. The summed E-state index contributed by atoms with van der Waals surface area (Å²) in [5.41, 5.74) is 2.97. The highest BCUT2D eigenvalue weighted by atomic mass is 19.1. The van der Waals surface area contributed by atoms with Crippen molar-refractivity contribution in [3.63, 3.8) is 0 Å². The molecule has 186 valence electrons. The van der Waals surface area contributed by atoms with Gasteiger partial charge in [-0.1, -0.05) is 54.6 Å². The molecule has 7 nitrogen and oxygen atoms in total. The van der Waals surface area contributed by atoms with Crippen molar-refractivity contribution in [1.29, 1.82) is 0 Å². The molecule has 1 unspecified atom stereocenters. The van der Waals surface area contributed by atoms with Crippen molar-refractivity contribution in [3.05, 3.63) is 119 Å². The third-order valence-corrected chi connectivity index (χ3v) is 6.26. The molecule has 1 aliphatic heterocycles. The molecule has 2 N–H and O–H groups in total. The van der Waals surface area contributed by atoms with E-state index in [1.54, 1.807) is 12.1 Å². The molecule has 1 atom stereocenters. The number of hydrogen-bond donors (Lipinski definition) is 2. The molecule has 0 radical (unpaired) electrons. The lowest BCUT2D eigenvalue weighted by Gasteiger charge is -2.35. The van der Waals surface area contributed by atoms with Crippen molar-refractivity contribution < 1.29 is 23.2 Å². The lowest BCUT2D eigenvalue weighted by molar-refractivity contribution is -0.121. The Labute approximate surface area is 212 Å². The fourth-order valence-electron chi connectivity index (χ4n) is 4.41. The number of carbonyl (C=O) groups excluding carboxylic acids is 3. The number of rotatable bonds is 6. The Bertz CT molecular complexity index is 1440. The summed E-state index contributed by atoms with van der Waals surface area (Å²) in [7, 11) is 0. The maximum atomic E-state index is 14.5. The maximum absolute atomic E-state index is 14.5. The van der Waals surface area contributed by atoms with Crippen molar-refractivity contribution in [2.24, 2.45) is 0 Å². The van der Waals surface area contributed by atoms with Crippen molar-refractivity contribution in [2.45, 2.75) is 25.4 Å². The van der Waals surface area contributed by atoms with Crippen LogP contribution in [0.3, 0.4) is 0 Å². The van der Waals surface area contributed by atoms with Crippen LogP contribution in [0.1, 0.15) is 27.2 Å². The lowest BCUT2D eigenvalue weighted by atomic mass is 9.93. The number of carbonyl (C=O) groups is 3. The van der Waals surface area contributed by atoms with E-state index in [1.165, 1.54) is 29.4 Å². The molecule has 4 aromatic rings. The fourth-order valence-corrected chi connectivity index (χ4v) is 4.41. The van der Waals surface area contributed by atoms with E-state index in [2.05, 4.69) is 10.6 Å². The zero-order valence-electron chi connectivity index (χ0n) is 19.8. The van der Waals surface area contributed by atoms with Gasteiger partial charge in [0.2, 0.25) is 11.8 Å². The first kappa shape index (κ1) is 24.0. The second-order valence-electron chi connectivity index (χ2n) is 8.79. The number of anilines is 2. The van der Waals surface area contributed by atoms with Gasteiger partial charge in [0.15, 0.2) is 5.76 Å². The molecule has 3 aromatic carbocycles. The molecule has 0 saturated heterocycles. The summed E-state index contributed by atoms with van der Waals surface area (Å²) in [6.45, 7) is 0.248. The Morgan fingerprint density at radius 1 is 0.892 bits per heavy atom. The molecule has 8 heteroatoms. The number of nitrogens with zero attached hydrogens (tertiary/aromatic N) is 1. The zero-order valence-corrected chi connectivity index (χ0v) is 19.8. The molecule has 0 bridgehead atoms. The van der Waals surface area contributed by atoms with Gasteiger partial charge in [0.05, 0.1) is 18.4 Å². The molecule has 0 fully saturated rings. The summed E-state index contributed by atoms with van der Waals surface area (Å²) in [5, 5.41) is 5.35. The van der Waals surface area contributed by atoms with Gasteiger partial charge in [0.25, 0.3) is 5.91 Å². The predicted molar refractivity (Wildman–Crippen MR) is 136 cm³/mol. The summed E-state index contributed by atoms with van der Waals surface area (Å²) in [6, 6.07) is 23.1. The molecule has 2 heterocycles. The van der Waals surface area contributed by atoms with Crippen LogP contribution < -0.4 is 10.6 Å². The Kier molecular flexibility index (Phi) is 6.81. The molecule has 1 aliphatic rings. The molecular formula is C29H24FN3O4. The minimum absolute atomic E-state index is 0.0451. The number of halogens is 1. The summed E-state index contributed by atoms with van der Waals surface area (Å²) in [4.78, 5) is 40.5. The molecule has 0 aliphatic carbocycles. The van der Waals surface area contributed by atoms with E-state index < -0.39 is 23.7 Å². The standard InChI is InChI=1S/C29H24FN3O4/c30-23-13-12-22(17-24(23)32-27(34)15-19-7-2-1-3-8-19)31-28(35)25-16-20-9-4-5-10-21(20)18-33(25)29(36)26-11-6-14-37-26/h1-14,17,25H,15-16,18H2,(H,31,35)(H,32,34). The first-order chi connectivity index (χ1) is 18.0. The summed E-state index contributed by atoms with van der Waals surface area (Å²) in [6.07, 6.45) is 1.81. The van der Waals surface area contributed by atoms with Crippen LogP contribution in [0.5, 0.6) is 0 Å². The first-order valence-electron chi connectivity index (χ1n) is 11.8. The lowest BCUT2D eigenvalue weighted by Crippen LogP contribution is -2.50. The van der Waals surface area contributed by atoms with Gasteiger partial charge < -0.3 is 20.0 Å². The van der Waals surface area contributed by atoms with Crippen molar-refractivity contribution in [3.8, 4) is 0 Å². The van der Waals surface area contributed by atoms with Gasteiger partial charge in [0, 0.05) is 18.7 Å². The number of amides is 3. The molecule has 37 heavy (non-hydrogen) atoms. The van der Waals surface area contributed by atoms with Crippen LogP contribution in [0, 0.1) is 5.82 Å². The van der Waals surface area contributed by atoms with E-state index in [4.69, 9.17) is 4.42 Å². The van der Waals surface area contributed by atoms with Gasteiger partial charge in [-0.15, -0.1) is 0 Å². The number of hydrogen-bond acceptors (Lipinski definition) is 4. The Balaban J connectivity index is 1.34. The van der Waals surface area contributed by atoms with Gasteiger partial charge in [-0.05, 0) is 47.0 Å². The van der Waals surface area contributed by atoms with Crippen LogP contribution in [-0.2, 0) is 29.0 Å². The Hall–Kier alpha value is -4.72. The van der Waals surface area contributed by atoms with Crippen molar-refractivity contribution in [2.75, 3.05) is 10.6 Å². The van der Waals surface area contributed by atoms with Crippen molar-refractivity contribution >= 4 is 29.1 Å². The summed E-state index contributed by atoms with van der Waals surface area (Å²) < 4.78 is 19.7. The van der Waals surface area contributed by atoms with Crippen molar-refractivity contribution in [1.82, 2.24) is 4.90 Å². The van der Waals surface area contributed by atoms with E-state index in [1.807, 2.05) is 54.6 Å². The van der Waals surface area contributed by atoms with E-state index in [9.17, 15) is 18.8 Å². The number of fused-ring (bicyclic) bond motifs is 1. The first-order valence-corrected chi connectivity index (χ1v) is 11.8. The van der Waals surface area contributed by atoms with Gasteiger partial charge in [-0.2, -0.15) is 0 Å². The zero-order chi connectivity index (χ0) is 25.8. The van der Waals surface area contributed by atoms with Gasteiger partial charge in [0.1, 0.15) is 11.9 Å². The van der Waals surface area contributed by atoms with Crippen LogP contribution >= 0.6 is 0 Å². The number of furan rings is 1. The number of benzene rings is 3. The minimum atomic E-state index is -0.811. The van der Waals surface area contributed by atoms with E-state index in [0.717, 1.165) is 16.7 Å². The number of nitrogens with one attached hydrogen (secondary N) is 2. The molecule has 0 spiro atoms. The van der Waals surface area contributed by atoms with E-state index in [-0.39, 0.29) is 30.3 Å². The second-order valence-corrected chi connectivity index (χ2v) is 8.79. The third kappa shape index (κ3) is 5.43. The van der Waals surface area contributed by atoms with E-state index in [0.29, 0.717) is 12.1 Å². The maximum Gasteiger partial charge on any atom is 0.290 e. The van der Waals surface area contributed by atoms with Crippen LogP contribution in [0.25, 0.3) is 0 Å². The second kappa shape index (κ2) is 10.5. The minimum Gasteiger partial charge on any atom is -0.459 e. The molecule has 5 rings (SSSR count). The SMILES string of the molecule is O=C(Cc1ccccc1)Nc1cc(NC(=O)C2Cc3ccccc3CN2C(=O)c2ccco2)ccc1F. The van der Waals surface area contributed by atoms with Gasteiger partial charge >= 0.3 is 0 Å². The summed E-state index contributed by atoms with van der Waals surface area (Å²) >= 11 is 0. The Morgan fingerprint density at radius 2 is 1.65 bits per heavy atom. The molecule has 3 amide bonds. The Morgan fingerprint density at radius 3 is 2.41 bits per heavy atom. The third-order valence-electron chi connectivity index (χ3n) is 6.26. The average molecular weight is 498 g/mol. The molecule has 1 aromatic heterocycles. The van der Waals surface area contributed by atoms with Crippen LogP contribution in [0.15, 0.2) is 95.6 Å². The van der Waals surface area contributed by atoms with Crippen LogP contribution in [-0.4, -0.2) is 28.7 Å². The highest BCUT2D eigenvalue weighted by molar-refractivity contribution is 6.01. The normalized spacial score (nSPS) is 14.5. The average Bonchev–Trinajstić information content (AvgIpc) is 3.45. The molecular weight excluding hydrogens is 473 g/mol. The van der Waals surface area contributed by atoms with Crippen LogP contribution in [0.2, 0.25) is 0 Å². The highest BCUT2D eigenvalue weighted by Crippen LogP contribution is 2.27. The highest BCUT2D eigenvalue weighted by Gasteiger charge is 2.36. The van der Waals surface area contributed by atoms with Crippen LogP contribution in [0.4, 0.5) is 15.8 Å². The van der Waals surface area contributed by atoms with Gasteiger partial charge in [-0.25, -0.2) is 4.39 Å². The monoisotopic (exact) mass is 497 g/mol. The largest absolute Gasteiger partial charge is 0.459 e. The van der Waals surface area contributed by atoms with E-state index >= 15 is 0 Å². The summed E-state index contributed by atoms with van der Waals surface area (Å²) in [5.74, 6) is -1.69. The smallest absolute Gasteiger partial charge is 0.290 e. The topological polar surface area (TPSA) is 91.7 Å². The quantitative estimate of drug-likeness (QED) is 0.400. The predicted octanol–water partition coefficient (Wildman–Crippen LogP) is 4.81.